The third-order valence-electron chi connectivity index (χ3n) is 5.63. The van der Waals surface area contributed by atoms with Crippen LogP contribution in [0.3, 0.4) is 0 Å². The van der Waals surface area contributed by atoms with Crippen LogP contribution in [0.2, 0.25) is 0 Å². The highest BCUT2D eigenvalue weighted by molar-refractivity contribution is 7.91. The summed E-state index contributed by atoms with van der Waals surface area (Å²) in [5, 5.41) is 2.54. The van der Waals surface area contributed by atoms with Gasteiger partial charge in [0.25, 0.3) is 5.92 Å². The Kier molecular flexibility index (Phi) is 6.40. The molecule has 1 unspecified atom stereocenters. The molecular formula is C21H22F4N4O5S. The van der Waals surface area contributed by atoms with Crippen molar-refractivity contribution in [2.45, 2.75) is 29.2 Å². The summed E-state index contributed by atoms with van der Waals surface area (Å²) in [6.45, 7) is -2.13. The minimum absolute atomic E-state index is 0.00823. The number of rotatable bonds is 5. The number of pyridine rings is 1. The van der Waals surface area contributed by atoms with E-state index < -0.39 is 64.0 Å². The Balaban J connectivity index is 1.69. The second-order valence-corrected chi connectivity index (χ2v) is 10.4. The lowest BCUT2D eigenvalue weighted by Crippen LogP contribution is -2.51. The molecule has 2 aromatic rings. The van der Waals surface area contributed by atoms with Gasteiger partial charge in [-0.15, -0.1) is 0 Å². The summed E-state index contributed by atoms with van der Waals surface area (Å²) in [7, 11) is -2.04. The lowest BCUT2D eigenvalue weighted by Gasteiger charge is -2.37. The predicted molar refractivity (Wildman–Crippen MR) is 116 cm³/mol. The highest BCUT2D eigenvalue weighted by atomic mass is 32.2. The molecule has 0 radical (unpaired) electrons. The number of methoxy groups -OCH3 is 1. The number of ether oxygens (including phenoxy) is 3. The first-order valence-corrected chi connectivity index (χ1v) is 12.3. The molecule has 1 amide bonds. The summed E-state index contributed by atoms with van der Waals surface area (Å²) < 4.78 is 91.0. The van der Waals surface area contributed by atoms with Crippen molar-refractivity contribution in [2.24, 2.45) is 0 Å². The first-order valence-electron chi connectivity index (χ1n) is 10.3. The third kappa shape index (κ3) is 5.04. The number of nitrogens with zero attached hydrogens (tertiary/aromatic N) is 2. The topological polar surface area (TPSA) is 114 Å². The summed E-state index contributed by atoms with van der Waals surface area (Å²) in [6, 6.07) is 3.59. The predicted octanol–water partition coefficient (Wildman–Crippen LogP) is 3.00. The lowest BCUT2D eigenvalue weighted by molar-refractivity contribution is -0.319. The number of carbonyl (C=O) groups excluding carboxylic acids is 1. The van der Waals surface area contributed by atoms with Crippen molar-refractivity contribution in [1.82, 2.24) is 4.98 Å². The molecule has 1 aromatic heterocycles. The molecule has 1 spiro atoms. The fourth-order valence-electron chi connectivity index (χ4n) is 3.96. The van der Waals surface area contributed by atoms with E-state index in [0.29, 0.717) is 0 Å². The Bertz CT molecular complexity index is 1250. The normalized spacial score (nSPS) is 22.6. The van der Waals surface area contributed by atoms with Crippen LogP contribution in [0.15, 0.2) is 35.5 Å². The number of alkyl halides is 2. The third-order valence-corrected chi connectivity index (χ3v) is 6.65. The maximum atomic E-state index is 14.4. The number of benzene rings is 1. The Labute approximate surface area is 198 Å². The Morgan fingerprint density at radius 2 is 1.97 bits per heavy atom. The minimum atomic E-state index is -3.22. The van der Waals surface area contributed by atoms with Gasteiger partial charge in [0, 0.05) is 24.6 Å². The Hall–Kier alpha value is -2.97. The largest absolute Gasteiger partial charge is 0.491 e. The van der Waals surface area contributed by atoms with Gasteiger partial charge in [-0.3, -0.25) is 4.79 Å². The number of amides is 1. The van der Waals surface area contributed by atoms with Gasteiger partial charge < -0.3 is 24.4 Å². The van der Waals surface area contributed by atoms with E-state index in [9.17, 15) is 26.6 Å². The van der Waals surface area contributed by atoms with Crippen molar-refractivity contribution in [3.63, 3.8) is 0 Å². The van der Waals surface area contributed by atoms with Gasteiger partial charge in [-0.2, -0.15) is 4.39 Å². The van der Waals surface area contributed by atoms with Gasteiger partial charge in [-0.05, 0) is 24.3 Å². The van der Waals surface area contributed by atoms with E-state index in [4.69, 9.17) is 19.0 Å². The van der Waals surface area contributed by atoms with Gasteiger partial charge in [0.2, 0.25) is 11.7 Å². The number of nitrogens with one attached hydrogen (secondary N) is 2. The number of anilines is 2. The Morgan fingerprint density at radius 1 is 1.29 bits per heavy atom. The average Bonchev–Trinajstić information content (AvgIpc) is 3.17. The first kappa shape index (κ1) is 25.1. The number of hydrogen-bond donors (Lipinski definition) is 2. The number of aromatic nitrogens is 1. The van der Waals surface area contributed by atoms with Crippen LogP contribution in [0.4, 0.5) is 28.9 Å². The molecule has 2 aliphatic rings. The molecule has 190 valence electrons. The van der Waals surface area contributed by atoms with Crippen molar-refractivity contribution in [3.8, 4) is 5.75 Å². The van der Waals surface area contributed by atoms with Crippen molar-refractivity contribution >= 4 is 27.0 Å². The van der Waals surface area contributed by atoms with Crippen molar-refractivity contribution in [2.75, 3.05) is 43.3 Å². The standard InChI is InChI=1S/C21H22F4N4O5S/c1-32-18-14(4-3-13(22)17(18)23)29-9-21(33-10-20(24,25)11-34-21)8-15(29)19(30)28-12-5-6-27-16(7-12)35(2,26)31/h3-7,15,26H,8-11H2,1-2H3,(H,27,28,30)/t15?,35-/m1/s1. The second kappa shape index (κ2) is 8.91. The molecule has 35 heavy (non-hydrogen) atoms. The monoisotopic (exact) mass is 518 g/mol. The molecule has 2 aliphatic heterocycles. The summed E-state index contributed by atoms with van der Waals surface area (Å²) in [4.78, 5) is 18.5. The Morgan fingerprint density at radius 3 is 2.60 bits per heavy atom. The SMILES string of the molecule is COc1c(N2CC3(CC2C(=O)Nc2ccnc([S@](C)(=N)=O)c2)OCC(F)(F)CO3)ccc(F)c1F. The van der Waals surface area contributed by atoms with Crippen LogP contribution in [-0.4, -0.2) is 66.0 Å². The number of carbonyl (C=O) groups is 1. The van der Waals surface area contributed by atoms with Gasteiger partial charge >= 0.3 is 0 Å². The van der Waals surface area contributed by atoms with Crippen molar-refractivity contribution in [3.05, 3.63) is 42.1 Å². The zero-order valence-electron chi connectivity index (χ0n) is 18.6. The highest BCUT2D eigenvalue weighted by Crippen LogP contribution is 2.43. The van der Waals surface area contributed by atoms with Crippen LogP contribution in [0.25, 0.3) is 0 Å². The second-order valence-electron chi connectivity index (χ2n) is 8.32. The lowest BCUT2D eigenvalue weighted by atomic mass is 10.1. The van der Waals surface area contributed by atoms with Crippen LogP contribution in [0.5, 0.6) is 5.75 Å². The molecule has 3 heterocycles. The fraction of sp³-hybridized carbons (Fsp3) is 0.429. The van der Waals surface area contributed by atoms with E-state index in [0.717, 1.165) is 13.2 Å². The molecule has 0 saturated carbocycles. The average molecular weight is 518 g/mol. The van der Waals surface area contributed by atoms with Crippen molar-refractivity contribution in [1.29, 1.82) is 4.78 Å². The van der Waals surface area contributed by atoms with Crippen LogP contribution in [0, 0.1) is 16.4 Å². The molecule has 4 rings (SSSR count). The van der Waals surface area contributed by atoms with Gasteiger partial charge in [0.1, 0.15) is 24.3 Å². The quantitative estimate of drug-likeness (QED) is 0.585. The molecule has 2 saturated heterocycles. The van der Waals surface area contributed by atoms with E-state index in [2.05, 4.69) is 10.3 Å². The first-order chi connectivity index (χ1) is 16.3. The highest BCUT2D eigenvalue weighted by Gasteiger charge is 2.55. The van der Waals surface area contributed by atoms with Gasteiger partial charge in [-0.1, -0.05) is 0 Å². The smallest absolute Gasteiger partial charge is 0.293 e. The van der Waals surface area contributed by atoms with Gasteiger partial charge in [0.05, 0.1) is 29.1 Å². The molecule has 1 aromatic carbocycles. The zero-order valence-corrected chi connectivity index (χ0v) is 19.5. The fourth-order valence-corrected chi connectivity index (χ4v) is 4.57. The number of hydrogen-bond acceptors (Lipinski definition) is 8. The molecule has 2 N–H and O–H groups in total. The molecule has 0 aliphatic carbocycles. The van der Waals surface area contributed by atoms with Gasteiger partial charge in [-0.25, -0.2) is 27.1 Å². The molecule has 2 atom stereocenters. The van der Waals surface area contributed by atoms with E-state index >= 15 is 0 Å². The van der Waals surface area contributed by atoms with Crippen LogP contribution in [-0.2, 0) is 24.0 Å². The summed E-state index contributed by atoms with van der Waals surface area (Å²) in [5.74, 6) is -8.42. The summed E-state index contributed by atoms with van der Waals surface area (Å²) in [6.07, 6.45) is 2.23. The molecule has 14 heteroatoms. The molecule has 0 bridgehead atoms. The van der Waals surface area contributed by atoms with E-state index in [1.807, 2.05) is 0 Å². The molecule has 9 nitrogen and oxygen atoms in total. The summed E-state index contributed by atoms with van der Waals surface area (Å²) in [5.41, 5.74) is 0.170. The van der Waals surface area contributed by atoms with E-state index in [1.54, 1.807) is 0 Å². The van der Waals surface area contributed by atoms with E-state index in [-0.39, 0.29) is 29.4 Å². The molecular weight excluding hydrogens is 496 g/mol. The van der Waals surface area contributed by atoms with E-state index in [1.165, 1.54) is 35.6 Å². The number of halogens is 4. The maximum Gasteiger partial charge on any atom is 0.293 e. The van der Waals surface area contributed by atoms with Crippen LogP contribution >= 0.6 is 0 Å². The van der Waals surface area contributed by atoms with Crippen molar-refractivity contribution < 1.29 is 40.8 Å². The van der Waals surface area contributed by atoms with Crippen LogP contribution in [0.1, 0.15) is 6.42 Å². The molecule has 2 fully saturated rings. The minimum Gasteiger partial charge on any atom is -0.491 e. The van der Waals surface area contributed by atoms with Gasteiger partial charge in [0.15, 0.2) is 17.4 Å². The van der Waals surface area contributed by atoms with Crippen LogP contribution < -0.4 is 15.0 Å². The maximum absolute atomic E-state index is 14.4. The summed E-state index contributed by atoms with van der Waals surface area (Å²) >= 11 is 0. The zero-order chi connectivity index (χ0) is 25.6.